The molecule has 2 aromatic carbocycles. The van der Waals surface area contributed by atoms with Crippen LogP contribution in [0.1, 0.15) is 37.8 Å². The van der Waals surface area contributed by atoms with Gasteiger partial charge in [-0.15, -0.1) is 0 Å². The van der Waals surface area contributed by atoms with Crippen molar-refractivity contribution in [3.63, 3.8) is 0 Å². The predicted molar refractivity (Wildman–Crippen MR) is 116 cm³/mol. The number of hydrogen-bond donors (Lipinski definition) is 3. The van der Waals surface area contributed by atoms with E-state index >= 15 is 0 Å². The number of anilines is 3. The lowest BCUT2D eigenvalue weighted by Gasteiger charge is -2.42. The van der Waals surface area contributed by atoms with E-state index < -0.39 is 5.54 Å². The normalized spacial score (nSPS) is 23.4. The largest absolute Gasteiger partial charge is 0.384 e. The van der Waals surface area contributed by atoms with Crippen molar-refractivity contribution in [2.24, 2.45) is 0 Å². The molecule has 0 radical (unpaired) electrons. The van der Waals surface area contributed by atoms with E-state index in [0.29, 0.717) is 35.6 Å². The molecule has 2 atom stereocenters. The number of nitriles is 1. The summed E-state index contributed by atoms with van der Waals surface area (Å²) >= 11 is 0. The topological polar surface area (TPSA) is 80.2 Å². The first-order valence-corrected chi connectivity index (χ1v) is 10.4. The number of carbonyl (C=O) groups is 1. The minimum absolute atomic E-state index is 0.124. The minimum atomic E-state index is -0.924. The Labute approximate surface area is 176 Å². The predicted octanol–water partition coefficient (Wildman–Crippen LogP) is 3.87. The highest BCUT2D eigenvalue weighted by Crippen LogP contribution is 2.45. The third kappa shape index (κ3) is 3.48. The van der Waals surface area contributed by atoms with E-state index in [0.717, 1.165) is 25.1 Å². The van der Waals surface area contributed by atoms with Gasteiger partial charge >= 0.3 is 0 Å². The van der Waals surface area contributed by atoms with Crippen molar-refractivity contribution in [1.29, 1.82) is 5.26 Å². The van der Waals surface area contributed by atoms with E-state index in [1.165, 1.54) is 12.1 Å². The first-order chi connectivity index (χ1) is 14.5. The molecule has 2 heterocycles. The van der Waals surface area contributed by atoms with Crippen LogP contribution < -0.4 is 16.0 Å². The van der Waals surface area contributed by atoms with Crippen molar-refractivity contribution in [3.05, 3.63) is 53.3 Å². The van der Waals surface area contributed by atoms with Crippen molar-refractivity contribution in [1.82, 2.24) is 4.90 Å². The number of amides is 1. The fourth-order valence-electron chi connectivity index (χ4n) is 4.50. The molecule has 1 fully saturated rings. The molecular weight excluding hydrogens is 381 g/mol. The van der Waals surface area contributed by atoms with Crippen LogP contribution in [-0.4, -0.2) is 36.5 Å². The minimum Gasteiger partial charge on any atom is -0.384 e. The number of nitrogens with one attached hydrogen (secondary N) is 3. The van der Waals surface area contributed by atoms with Gasteiger partial charge in [0.15, 0.2) is 0 Å². The molecule has 4 rings (SSSR count). The highest BCUT2D eigenvalue weighted by Gasteiger charge is 2.49. The van der Waals surface area contributed by atoms with Gasteiger partial charge in [0.2, 0.25) is 5.91 Å². The summed E-state index contributed by atoms with van der Waals surface area (Å²) < 4.78 is 14.4. The Morgan fingerprint density at radius 3 is 2.80 bits per heavy atom. The lowest BCUT2D eigenvalue weighted by molar-refractivity contribution is -0.127. The van der Waals surface area contributed by atoms with Gasteiger partial charge in [0, 0.05) is 30.4 Å². The van der Waals surface area contributed by atoms with E-state index in [1.807, 2.05) is 26.0 Å². The average molecular weight is 407 g/mol. The third-order valence-corrected chi connectivity index (χ3v) is 6.11. The molecule has 0 spiro atoms. The first kappa shape index (κ1) is 20.2. The van der Waals surface area contributed by atoms with Crippen molar-refractivity contribution in [2.75, 3.05) is 35.6 Å². The third-order valence-electron chi connectivity index (χ3n) is 6.11. The Hall–Kier alpha value is -3.11. The second kappa shape index (κ2) is 7.96. The Kier molecular flexibility index (Phi) is 5.35. The van der Waals surface area contributed by atoms with E-state index in [9.17, 15) is 9.18 Å². The number of carbonyl (C=O) groups excluding carboxylic acids is 1. The summed E-state index contributed by atoms with van der Waals surface area (Å²) in [5.74, 6) is -0.474. The van der Waals surface area contributed by atoms with Crippen LogP contribution in [0.2, 0.25) is 0 Å². The lowest BCUT2D eigenvalue weighted by atomic mass is 9.88. The Morgan fingerprint density at radius 2 is 2.10 bits per heavy atom. The van der Waals surface area contributed by atoms with Crippen LogP contribution in [0.3, 0.4) is 0 Å². The van der Waals surface area contributed by atoms with Gasteiger partial charge in [-0.1, -0.05) is 0 Å². The van der Waals surface area contributed by atoms with Gasteiger partial charge in [-0.25, -0.2) is 4.39 Å². The monoisotopic (exact) mass is 407 g/mol. The molecular formula is C23H26FN5O. The van der Waals surface area contributed by atoms with Gasteiger partial charge in [0.1, 0.15) is 11.4 Å². The van der Waals surface area contributed by atoms with Crippen LogP contribution >= 0.6 is 0 Å². The summed E-state index contributed by atoms with van der Waals surface area (Å²) in [6.07, 6.45) is 1.91. The highest BCUT2D eigenvalue weighted by atomic mass is 19.1. The number of benzene rings is 2. The Morgan fingerprint density at radius 1 is 1.33 bits per heavy atom. The molecule has 1 saturated heterocycles. The van der Waals surface area contributed by atoms with Gasteiger partial charge < -0.3 is 16.0 Å². The molecule has 7 heteroatoms. The summed E-state index contributed by atoms with van der Waals surface area (Å²) in [5, 5.41) is 18.6. The van der Waals surface area contributed by atoms with Crippen molar-refractivity contribution in [2.45, 2.75) is 38.3 Å². The molecule has 0 saturated carbocycles. The molecule has 0 aliphatic carbocycles. The van der Waals surface area contributed by atoms with Gasteiger partial charge in [0.25, 0.3) is 0 Å². The fourth-order valence-corrected chi connectivity index (χ4v) is 4.50. The van der Waals surface area contributed by atoms with Gasteiger partial charge in [-0.05, 0) is 69.6 Å². The van der Waals surface area contributed by atoms with Crippen LogP contribution in [-0.2, 0) is 10.3 Å². The Balaban J connectivity index is 1.59. The number of hydrogen-bond acceptors (Lipinski definition) is 5. The zero-order valence-electron chi connectivity index (χ0n) is 17.3. The number of likely N-dealkylation sites (tertiary alicyclic amines) is 1. The second-order valence-electron chi connectivity index (χ2n) is 8.05. The van der Waals surface area contributed by atoms with Gasteiger partial charge in [0.05, 0.1) is 23.0 Å². The maximum Gasteiger partial charge on any atom is 0.249 e. The van der Waals surface area contributed by atoms with Gasteiger partial charge in [-0.2, -0.15) is 5.26 Å². The maximum atomic E-state index is 14.4. The smallest absolute Gasteiger partial charge is 0.249 e. The summed E-state index contributed by atoms with van der Waals surface area (Å²) in [6, 6.07) is 12.6. The molecule has 1 unspecified atom stereocenters. The van der Waals surface area contributed by atoms with Crippen LogP contribution in [0, 0.1) is 17.1 Å². The number of fused-ring (bicyclic) bond motifs is 1. The van der Waals surface area contributed by atoms with Crippen LogP contribution in [0.15, 0.2) is 36.4 Å². The van der Waals surface area contributed by atoms with Crippen molar-refractivity contribution in [3.8, 4) is 6.07 Å². The molecule has 30 heavy (non-hydrogen) atoms. The van der Waals surface area contributed by atoms with E-state index in [2.05, 4.69) is 26.9 Å². The zero-order valence-corrected chi connectivity index (χ0v) is 17.3. The van der Waals surface area contributed by atoms with E-state index in [4.69, 9.17) is 5.26 Å². The van der Waals surface area contributed by atoms with Crippen molar-refractivity contribution < 1.29 is 9.18 Å². The molecule has 3 N–H and O–H groups in total. The molecule has 0 aromatic heterocycles. The number of piperidine rings is 1. The zero-order chi connectivity index (χ0) is 21.3. The summed E-state index contributed by atoms with van der Waals surface area (Å²) in [4.78, 5) is 15.2. The molecule has 2 aliphatic heterocycles. The van der Waals surface area contributed by atoms with E-state index in [1.54, 1.807) is 12.1 Å². The molecule has 0 bridgehead atoms. The van der Waals surface area contributed by atoms with Crippen LogP contribution in [0.5, 0.6) is 0 Å². The van der Waals surface area contributed by atoms with Crippen molar-refractivity contribution >= 4 is 23.0 Å². The highest BCUT2D eigenvalue weighted by molar-refractivity contribution is 6.08. The molecule has 6 nitrogen and oxygen atoms in total. The molecule has 2 aliphatic rings. The van der Waals surface area contributed by atoms with Crippen LogP contribution in [0.25, 0.3) is 0 Å². The fraction of sp³-hybridized carbons (Fsp3) is 0.391. The number of nitrogens with zero attached hydrogens (tertiary/aromatic N) is 2. The Bertz CT molecular complexity index is 1000. The van der Waals surface area contributed by atoms with Gasteiger partial charge in [-0.3, -0.25) is 9.69 Å². The molecule has 156 valence electrons. The number of rotatable bonds is 5. The average Bonchev–Trinajstić information content (AvgIpc) is 3.01. The summed E-state index contributed by atoms with van der Waals surface area (Å²) in [6.45, 7) is 5.89. The summed E-state index contributed by atoms with van der Waals surface area (Å²) in [5.41, 5.74) is 2.62. The molecule has 1 amide bonds. The quantitative estimate of drug-likeness (QED) is 0.701. The first-order valence-electron chi connectivity index (χ1n) is 10.4. The SMILES string of the molecule is CCNc1cc(F)cc2c1NC(=O)C2(C)N1CCC[C@@H](Nc2ccc(C#N)cc2)C1. The number of halogens is 1. The molecule has 2 aromatic rings. The van der Waals surface area contributed by atoms with Crippen LogP contribution in [0.4, 0.5) is 21.5 Å². The van der Waals surface area contributed by atoms with E-state index in [-0.39, 0.29) is 17.8 Å². The maximum absolute atomic E-state index is 14.4. The lowest BCUT2D eigenvalue weighted by Crippen LogP contribution is -2.55. The summed E-state index contributed by atoms with van der Waals surface area (Å²) in [7, 11) is 0. The second-order valence-corrected chi connectivity index (χ2v) is 8.05. The standard InChI is InChI=1S/C23H26FN5O/c1-3-26-20-12-16(24)11-19-21(20)28-22(30)23(19,2)29-10-4-5-18(14-29)27-17-8-6-15(13-25)7-9-17/h6-9,11-12,18,26-27H,3-5,10,14H2,1-2H3,(H,28,30)/t18-,23?/m1/s1.